The molecule has 0 aliphatic heterocycles. The molecule has 0 atom stereocenters. The maximum Gasteiger partial charge on any atom is 0.255 e. The first-order valence-electron chi connectivity index (χ1n) is 9.56. The Hall–Kier alpha value is -3.62. The van der Waals surface area contributed by atoms with Gasteiger partial charge >= 0.3 is 0 Å². The van der Waals surface area contributed by atoms with Gasteiger partial charge in [0.2, 0.25) is 5.91 Å². The number of carbonyl (C=O) groups excluding carboxylic acids is 2. The van der Waals surface area contributed by atoms with Gasteiger partial charge in [-0.1, -0.05) is 25.1 Å². The zero-order chi connectivity index (χ0) is 22.7. The number of nitrogens with zero attached hydrogens (tertiary/aromatic N) is 2. The van der Waals surface area contributed by atoms with Gasteiger partial charge in [0.25, 0.3) is 11.5 Å². The molecule has 1 heterocycles. The number of hydrogen-bond donors (Lipinski definition) is 1. The molecule has 2 amide bonds. The van der Waals surface area contributed by atoms with Gasteiger partial charge in [0.05, 0.1) is 16.8 Å². The van der Waals surface area contributed by atoms with E-state index < -0.39 is 41.5 Å². The van der Waals surface area contributed by atoms with Crippen molar-refractivity contribution in [3.8, 4) is 0 Å². The maximum atomic E-state index is 13.8. The van der Waals surface area contributed by atoms with Gasteiger partial charge in [0.15, 0.2) is 17.5 Å². The molecule has 3 aromatic rings. The SMILES string of the molecule is CCCN(CC(=O)Nc1ccc(F)c(F)c1F)C(=O)c1cc(=O)n(C)c2ccccc12. The number of pyridine rings is 1. The third-order valence-corrected chi connectivity index (χ3v) is 4.81. The van der Waals surface area contributed by atoms with E-state index in [1.54, 1.807) is 38.2 Å². The van der Waals surface area contributed by atoms with Crippen molar-refractivity contribution in [2.45, 2.75) is 13.3 Å². The van der Waals surface area contributed by atoms with E-state index in [9.17, 15) is 27.6 Å². The van der Waals surface area contributed by atoms with Gasteiger partial charge in [-0.25, -0.2) is 13.2 Å². The Labute approximate surface area is 175 Å². The minimum absolute atomic E-state index is 0.138. The summed E-state index contributed by atoms with van der Waals surface area (Å²) in [6.07, 6.45) is 0.515. The highest BCUT2D eigenvalue weighted by molar-refractivity contribution is 6.07. The van der Waals surface area contributed by atoms with Crippen LogP contribution in [-0.4, -0.2) is 34.4 Å². The molecule has 9 heteroatoms. The van der Waals surface area contributed by atoms with Crippen LogP contribution >= 0.6 is 0 Å². The molecule has 3 rings (SSSR count). The van der Waals surface area contributed by atoms with Crippen molar-refractivity contribution in [3.05, 3.63) is 75.8 Å². The first kappa shape index (κ1) is 22.1. The third-order valence-electron chi connectivity index (χ3n) is 4.81. The van der Waals surface area contributed by atoms with Gasteiger partial charge < -0.3 is 14.8 Å². The molecule has 0 saturated carbocycles. The van der Waals surface area contributed by atoms with Crippen LogP contribution in [0.3, 0.4) is 0 Å². The Morgan fingerprint density at radius 3 is 2.48 bits per heavy atom. The number of carbonyl (C=O) groups is 2. The summed E-state index contributed by atoms with van der Waals surface area (Å²) >= 11 is 0. The summed E-state index contributed by atoms with van der Waals surface area (Å²) in [5.74, 6) is -5.95. The van der Waals surface area contributed by atoms with E-state index in [0.717, 1.165) is 6.07 Å². The lowest BCUT2D eigenvalue weighted by Gasteiger charge is -2.23. The van der Waals surface area contributed by atoms with Gasteiger partial charge in [0, 0.05) is 25.0 Å². The molecule has 0 radical (unpaired) electrons. The number of benzene rings is 2. The van der Waals surface area contributed by atoms with Crippen molar-refractivity contribution in [2.24, 2.45) is 7.05 Å². The molecule has 1 aromatic heterocycles. The summed E-state index contributed by atoms with van der Waals surface area (Å²) in [6.45, 7) is 1.53. The monoisotopic (exact) mass is 431 g/mol. The lowest BCUT2D eigenvalue weighted by molar-refractivity contribution is -0.116. The molecule has 0 fully saturated rings. The van der Waals surface area contributed by atoms with Crippen LogP contribution in [0.15, 0.2) is 47.3 Å². The Morgan fingerprint density at radius 1 is 1.06 bits per heavy atom. The number of hydrogen-bond acceptors (Lipinski definition) is 3. The number of fused-ring (bicyclic) bond motifs is 1. The molecule has 2 aromatic carbocycles. The Balaban J connectivity index is 1.89. The average Bonchev–Trinajstić information content (AvgIpc) is 2.76. The van der Waals surface area contributed by atoms with Gasteiger partial charge in [-0.15, -0.1) is 0 Å². The van der Waals surface area contributed by atoms with Crippen LogP contribution in [0.25, 0.3) is 10.9 Å². The van der Waals surface area contributed by atoms with Crippen LogP contribution in [0, 0.1) is 17.5 Å². The van der Waals surface area contributed by atoms with E-state index in [1.807, 2.05) is 0 Å². The van der Waals surface area contributed by atoms with Crippen molar-refractivity contribution in [1.82, 2.24) is 9.47 Å². The molecule has 0 aliphatic rings. The summed E-state index contributed by atoms with van der Waals surface area (Å²) in [5.41, 5.74) is -0.222. The maximum absolute atomic E-state index is 13.8. The first-order chi connectivity index (χ1) is 14.7. The zero-order valence-corrected chi connectivity index (χ0v) is 16.9. The molecule has 0 bridgehead atoms. The highest BCUT2D eigenvalue weighted by Gasteiger charge is 2.23. The molecule has 162 valence electrons. The zero-order valence-electron chi connectivity index (χ0n) is 16.9. The standard InChI is InChI=1S/C22H20F3N3O3/c1-3-10-28(12-18(29)26-16-9-8-15(23)20(24)21(16)25)22(31)14-11-19(30)27(2)17-7-5-4-6-13(14)17/h4-9,11H,3,10,12H2,1-2H3,(H,26,29). The number of halogens is 3. The second-order valence-electron chi connectivity index (χ2n) is 6.97. The number of rotatable bonds is 6. The average molecular weight is 431 g/mol. The summed E-state index contributed by atoms with van der Waals surface area (Å²) in [4.78, 5) is 39.1. The highest BCUT2D eigenvalue weighted by atomic mass is 19.2. The summed E-state index contributed by atoms with van der Waals surface area (Å²) in [6, 6.07) is 9.66. The van der Waals surface area contributed by atoms with Crippen molar-refractivity contribution in [2.75, 3.05) is 18.4 Å². The predicted molar refractivity (Wildman–Crippen MR) is 110 cm³/mol. The smallest absolute Gasteiger partial charge is 0.255 e. The van der Waals surface area contributed by atoms with Gasteiger partial charge in [-0.2, -0.15) is 0 Å². The van der Waals surface area contributed by atoms with Crippen molar-refractivity contribution < 1.29 is 22.8 Å². The van der Waals surface area contributed by atoms with Crippen molar-refractivity contribution in [1.29, 1.82) is 0 Å². The lowest BCUT2D eigenvalue weighted by atomic mass is 10.1. The fourth-order valence-electron chi connectivity index (χ4n) is 3.27. The van der Waals surface area contributed by atoms with Crippen LogP contribution in [0.1, 0.15) is 23.7 Å². The van der Waals surface area contributed by atoms with Crippen LogP contribution in [0.5, 0.6) is 0 Å². The molecule has 0 aliphatic carbocycles. The highest BCUT2D eigenvalue weighted by Crippen LogP contribution is 2.21. The molecule has 6 nitrogen and oxygen atoms in total. The van der Waals surface area contributed by atoms with Crippen LogP contribution in [0.2, 0.25) is 0 Å². The molecule has 0 saturated heterocycles. The lowest BCUT2D eigenvalue weighted by Crippen LogP contribution is -2.39. The molecular formula is C22H20F3N3O3. The third kappa shape index (κ3) is 4.45. The van der Waals surface area contributed by atoms with E-state index in [-0.39, 0.29) is 17.7 Å². The Kier molecular flexibility index (Phi) is 6.43. The fraction of sp³-hybridized carbons (Fsp3) is 0.227. The van der Waals surface area contributed by atoms with Gasteiger partial charge in [0.1, 0.15) is 6.54 Å². The number of para-hydroxylation sites is 1. The topological polar surface area (TPSA) is 71.4 Å². The number of aryl methyl sites for hydroxylation is 1. The van der Waals surface area contributed by atoms with Crippen LogP contribution < -0.4 is 10.9 Å². The predicted octanol–water partition coefficient (Wildman–Crippen LogP) is 3.45. The quantitative estimate of drug-likeness (QED) is 0.608. The summed E-state index contributed by atoms with van der Waals surface area (Å²) in [5, 5.41) is 2.70. The van der Waals surface area contributed by atoms with E-state index >= 15 is 0 Å². The largest absolute Gasteiger partial charge is 0.329 e. The number of aromatic nitrogens is 1. The molecule has 1 N–H and O–H groups in total. The molecule has 0 spiro atoms. The van der Waals surface area contributed by atoms with Crippen LogP contribution in [-0.2, 0) is 11.8 Å². The van der Waals surface area contributed by atoms with Crippen molar-refractivity contribution in [3.63, 3.8) is 0 Å². The second-order valence-corrected chi connectivity index (χ2v) is 6.97. The normalized spacial score (nSPS) is 10.9. The van der Waals surface area contributed by atoms with Crippen LogP contribution in [0.4, 0.5) is 18.9 Å². The minimum atomic E-state index is -1.70. The second kappa shape index (κ2) is 9.03. The number of anilines is 1. The fourth-order valence-corrected chi connectivity index (χ4v) is 3.27. The van der Waals surface area contributed by atoms with Gasteiger partial charge in [-0.3, -0.25) is 14.4 Å². The van der Waals surface area contributed by atoms with E-state index in [1.165, 1.54) is 15.5 Å². The number of amides is 2. The Bertz CT molecular complexity index is 1220. The summed E-state index contributed by atoms with van der Waals surface area (Å²) in [7, 11) is 1.59. The van der Waals surface area contributed by atoms with E-state index in [2.05, 4.69) is 5.32 Å². The van der Waals surface area contributed by atoms with Gasteiger partial charge in [-0.05, 0) is 24.6 Å². The number of nitrogens with one attached hydrogen (secondary N) is 1. The molecular weight excluding hydrogens is 411 g/mol. The minimum Gasteiger partial charge on any atom is -0.329 e. The van der Waals surface area contributed by atoms with Crippen molar-refractivity contribution >= 4 is 28.4 Å². The van der Waals surface area contributed by atoms with E-state index in [4.69, 9.17) is 0 Å². The molecule has 31 heavy (non-hydrogen) atoms. The Morgan fingerprint density at radius 2 is 1.77 bits per heavy atom. The first-order valence-corrected chi connectivity index (χ1v) is 9.56. The molecule has 0 unspecified atom stereocenters. The summed E-state index contributed by atoms with van der Waals surface area (Å²) < 4.78 is 41.7. The van der Waals surface area contributed by atoms with E-state index in [0.29, 0.717) is 23.4 Å².